The first kappa shape index (κ1) is 20.9. The summed E-state index contributed by atoms with van der Waals surface area (Å²) in [6, 6.07) is 6.47. The highest BCUT2D eigenvalue weighted by molar-refractivity contribution is 7.64. The molecule has 0 spiro atoms. The minimum Gasteiger partial charge on any atom is -0.497 e. The number of ether oxygens (including phenoxy) is 2. The van der Waals surface area contributed by atoms with Gasteiger partial charge >= 0.3 is 13.5 Å². The van der Waals surface area contributed by atoms with E-state index < -0.39 is 13.6 Å². The van der Waals surface area contributed by atoms with Crippen LogP contribution in [0.15, 0.2) is 24.3 Å². The van der Waals surface area contributed by atoms with Crippen molar-refractivity contribution >= 4 is 18.8 Å². The second kappa shape index (κ2) is 9.54. The van der Waals surface area contributed by atoms with E-state index in [1.165, 1.54) is 0 Å². The lowest BCUT2D eigenvalue weighted by atomic mass is 10.0. The standard InChI is InChI=1S/C19H30NO5P/c1-5-24-19(21)18(14-15(2)3)20-12-6-7-13-25-26(20,22)17-10-8-16(23-4)9-11-17/h8-11,15,18H,5-7,12-14H2,1-4H3. The van der Waals surface area contributed by atoms with Crippen molar-refractivity contribution in [3.8, 4) is 5.75 Å². The lowest BCUT2D eigenvalue weighted by molar-refractivity contribution is -0.148. The average molecular weight is 383 g/mol. The first-order valence-corrected chi connectivity index (χ1v) is 10.8. The van der Waals surface area contributed by atoms with Crippen LogP contribution in [-0.2, 0) is 18.6 Å². The summed E-state index contributed by atoms with van der Waals surface area (Å²) >= 11 is 0. The van der Waals surface area contributed by atoms with Crippen LogP contribution < -0.4 is 10.0 Å². The second-order valence-corrected chi connectivity index (χ2v) is 9.15. The Kier molecular flexibility index (Phi) is 7.69. The Morgan fingerprint density at radius 3 is 2.54 bits per heavy atom. The van der Waals surface area contributed by atoms with E-state index in [1.807, 2.05) is 13.8 Å². The third kappa shape index (κ3) is 4.87. The summed E-state index contributed by atoms with van der Waals surface area (Å²) in [5.74, 6) is 0.614. The summed E-state index contributed by atoms with van der Waals surface area (Å²) in [6.45, 7) is 7.13. The van der Waals surface area contributed by atoms with E-state index in [2.05, 4.69) is 0 Å². The molecule has 0 saturated carbocycles. The van der Waals surface area contributed by atoms with Gasteiger partial charge in [-0.2, -0.15) is 0 Å². The van der Waals surface area contributed by atoms with Crippen LogP contribution >= 0.6 is 7.52 Å². The number of rotatable bonds is 7. The molecule has 1 aromatic carbocycles. The van der Waals surface area contributed by atoms with Gasteiger partial charge in [-0.25, -0.2) is 4.67 Å². The number of benzene rings is 1. The van der Waals surface area contributed by atoms with E-state index in [0.717, 1.165) is 12.8 Å². The van der Waals surface area contributed by atoms with E-state index in [9.17, 15) is 9.36 Å². The van der Waals surface area contributed by atoms with E-state index in [-0.39, 0.29) is 11.9 Å². The number of esters is 1. The Bertz CT molecular complexity index is 631. The van der Waals surface area contributed by atoms with Crippen molar-refractivity contribution in [2.45, 2.75) is 46.1 Å². The van der Waals surface area contributed by atoms with Gasteiger partial charge in [0.2, 0.25) is 0 Å². The van der Waals surface area contributed by atoms with Crippen LogP contribution in [-0.4, -0.2) is 43.5 Å². The van der Waals surface area contributed by atoms with Crippen LogP contribution in [0.2, 0.25) is 0 Å². The summed E-state index contributed by atoms with van der Waals surface area (Å²) in [7, 11) is -1.77. The predicted molar refractivity (Wildman–Crippen MR) is 102 cm³/mol. The van der Waals surface area contributed by atoms with E-state index >= 15 is 0 Å². The molecule has 26 heavy (non-hydrogen) atoms. The van der Waals surface area contributed by atoms with Gasteiger partial charge in [-0.15, -0.1) is 0 Å². The van der Waals surface area contributed by atoms with Crippen molar-refractivity contribution in [1.29, 1.82) is 0 Å². The van der Waals surface area contributed by atoms with Crippen molar-refractivity contribution in [2.75, 3.05) is 26.9 Å². The van der Waals surface area contributed by atoms with Crippen LogP contribution in [0, 0.1) is 5.92 Å². The predicted octanol–water partition coefficient (Wildman–Crippen LogP) is 3.60. The molecule has 0 aromatic heterocycles. The first-order valence-electron chi connectivity index (χ1n) is 9.25. The minimum absolute atomic E-state index is 0.261. The Morgan fingerprint density at radius 2 is 1.96 bits per heavy atom. The highest BCUT2D eigenvalue weighted by Gasteiger charge is 2.43. The fourth-order valence-corrected chi connectivity index (χ4v) is 5.58. The summed E-state index contributed by atoms with van der Waals surface area (Å²) in [5.41, 5.74) is 0. The van der Waals surface area contributed by atoms with E-state index in [0.29, 0.717) is 37.2 Å². The SMILES string of the molecule is CCOC(=O)C(CC(C)C)N1CCCCOP1(=O)c1ccc(OC)cc1. The van der Waals surface area contributed by atoms with Gasteiger partial charge in [0.25, 0.3) is 0 Å². The molecule has 7 heteroatoms. The molecule has 0 N–H and O–H groups in total. The molecule has 2 unspecified atom stereocenters. The number of carbonyl (C=O) groups excluding carboxylic acids is 1. The maximum atomic E-state index is 14.0. The zero-order valence-corrected chi connectivity index (χ0v) is 17.0. The number of methoxy groups -OCH3 is 1. The molecule has 0 radical (unpaired) electrons. The fourth-order valence-electron chi connectivity index (χ4n) is 3.13. The van der Waals surface area contributed by atoms with Gasteiger partial charge in [-0.1, -0.05) is 13.8 Å². The van der Waals surface area contributed by atoms with E-state index in [4.69, 9.17) is 14.0 Å². The third-order valence-electron chi connectivity index (χ3n) is 4.40. The van der Waals surface area contributed by atoms with Crippen LogP contribution in [0.5, 0.6) is 5.75 Å². The van der Waals surface area contributed by atoms with Crippen molar-refractivity contribution < 1.29 is 23.4 Å². The van der Waals surface area contributed by atoms with Gasteiger partial charge in [-0.3, -0.25) is 9.36 Å². The van der Waals surface area contributed by atoms with Crippen molar-refractivity contribution in [3.63, 3.8) is 0 Å². The Morgan fingerprint density at radius 1 is 1.27 bits per heavy atom. The van der Waals surface area contributed by atoms with Crippen molar-refractivity contribution in [1.82, 2.24) is 4.67 Å². The Labute approximate surface area is 156 Å². The van der Waals surface area contributed by atoms with Gasteiger partial charge in [0.05, 0.1) is 25.6 Å². The molecule has 1 aromatic rings. The van der Waals surface area contributed by atoms with Gasteiger partial charge < -0.3 is 14.0 Å². The normalized spacial score (nSPS) is 22.7. The molecular formula is C19H30NO5P. The monoisotopic (exact) mass is 383 g/mol. The maximum Gasteiger partial charge on any atom is 0.323 e. The molecule has 1 aliphatic heterocycles. The van der Waals surface area contributed by atoms with Crippen LogP contribution in [0.25, 0.3) is 0 Å². The first-order chi connectivity index (χ1) is 12.4. The van der Waals surface area contributed by atoms with Gasteiger partial charge in [0.15, 0.2) is 0 Å². The molecule has 6 nitrogen and oxygen atoms in total. The topological polar surface area (TPSA) is 65.1 Å². The average Bonchev–Trinajstić information content (AvgIpc) is 2.82. The Balaban J connectivity index is 2.43. The third-order valence-corrected chi connectivity index (χ3v) is 7.04. The quantitative estimate of drug-likeness (QED) is 0.529. The number of hydrogen-bond acceptors (Lipinski definition) is 5. The molecule has 1 fully saturated rings. The molecule has 1 heterocycles. The summed E-state index contributed by atoms with van der Waals surface area (Å²) in [5, 5.41) is 0.582. The van der Waals surface area contributed by atoms with Gasteiger partial charge in [0.1, 0.15) is 11.8 Å². The number of hydrogen-bond donors (Lipinski definition) is 0. The summed E-state index contributed by atoms with van der Waals surface area (Å²) in [6.07, 6.45) is 2.21. The maximum absolute atomic E-state index is 14.0. The smallest absolute Gasteiger partial charge is 0.323 e. The van der Waals surface area contributed by atoms with E-state index in [1.54, 1.807) is 43.0 Å². The summed E-state index contributed by atoms with van der Waals surface area (Å²) in [4.78, 5) is 12.6. The zero-order chi connectivity index (χ0) is 19.2. The molecule has 146 valence electrons. The van der Waals surface area contributed by atoms with Crippen LogP contribution in [0.3, 0.4) is 0 Å². The Hall–Kier alpha value is -1.36. The zero-order valence-electron chi connectivity index (χ0n) is 16.1. The lowest BCUT2D eigenvalue weighted by Gasteiger charge is -2.35. The highest BCUT2D eigenvalue weighted by atomic mass is 31.2. The fraction of sp³-hybridized carbons (Fsp3) is 0.632. The molecular weight excluding hydrogens is 353 g/mol. The molecule has 2 rings (SSSR count). The van der Waals surface area contributed by atoms with Crippen molar-refractivity contribution in [3.05, 3.63) is 24.3 Å². The molecule has 0 bridgehead atoms. The largest absolute Gasteiger partial charge is 0.497 e. The minimum atomic E-state index is -3.36. The van der Waals surface area contributed by atoms with Crippen LogP contribution in [0.1, 0.15) is 40.0 Å². The number of nitrogens with zero attached hydrogens (tertiary/aromatic N) is 1. The summed E-state index contributed by atoms with van der Waals surface area (Å²) < 4.78 is 32.1. The second-order valence-electron chi connectivity index (χ2n) is 6.82. The van der Waals surface area contributed by atoms with Gasteiger partial charge in [-0.05, 0) is 56.4 Å². The van der Waals surface area contributed by atoms with Crippen LogP contribution in [0.4, 0.5) is 0 Å². The molecule has 1 aliphatic rings. The van der Waals surface area contributed by atoms with Crippen molar-refractivity contribution in [2.24, 2.45) is 5.92 Å². The molecule has 0 amide bonds. The molecule has 2 atom stereocenters. The molecule has 0 aliphatic carbocycles. The highest BCUT2D eigenvalue weighted by Crippen LogP contribution is 2.53. The lowest BCUT2D eigenvalue weighted by Crippen LogP contribution is -2.43. The van der Waals surface area contributed by atoms with Gasteiger partial charge in [0, 0.05) is 6.54 Å². The number of carbonyl (C=O) groups is 1. The molecule has 1 saturated heterocycles.